The molecular formula is C25H33N3O4. The fraction of sp³-hybridized carbons (Fsp3) is 0.480. The third-order valence-corrected chi connectivity index (χ3v) is 5.76. The van der Waals surface area contributed by atoms with Crippen LogP contribution in [0.25, 0.3) is 11.0 Å². The van der Waals surface area contributed by atoms with Gasteiger partial charge < -0.3 is 19.4 Å². The van der Waals surface area contributed by atoms with E-state index in [0.717, 1.165) is 35.5 Å². The third kappa shape index (κ3) is 5.58. The third-order valence-electron chi connectivity index (χ3n) is 5.76. The first-order chi connectivity index (χ1) is 15.3. The molecule has 3 rings (SSSR count). The number of amides is 1. The van der Waals surface area contributed by atoms with Crippen LogP contribution < -0.4 is 5.32 Å². The first-order valence-corrected chi connectivity index (χ1v) is 11.4. The molecule has 0 bridgehead atoms. The number of carboxylic acid groups (broad SMARTS) is 1. The van der Waals surface area contributed by atoms with Crippen LogP contribution in [0.1, 0.15) is 81.4 Å². The average Bonchev–Trinajstić information content (AvgIpc) is 3.36. The van der Waals surface area contributed by atoms with E-state index in [1.165, 1.54) is 0 Å². The molecule has 0 aliphatic carbocycles. The van der Waals surface area contributed by atoms with Gasteiger partial charge in [-0.3, -0.25) is 9.59 Å². The van der Waals surface area contributed by atoms with Crippen LogP contribution in [-0.4, -0.2) is 32.6 Å². The number of benzene rings is 1. The van der Waals surface area contributed by atoms with E-state index in [9.17, 15) is 14.7 Å². The van der Waals surface area contributed by atoms with Crippen molar-refractivity contribution in [2.75, 3.05) is 0 Å². The molecule has 1 aromatic carbocycles. The number of hydrogen-bond acceptors (Lipinski definition) is 4. The molecule has 7 heteroatoms. The van der Waals surface area contributed by atoms with Crippen LogP contribution >= 0.6 is 0 Å². The molecule has 0 aliphatic heterocycles. The summed E-state index contributed by atoms with van der Waals surface area (Å²) in [6.07, 6.45) is 4.70. The second-order valence-electron chi connectivity index (χ2n) is 8.73. The zero-order valence-corrected chi connectivity index (χ0v) is 19.3. The average molecular weight is 440 g/mol. The number of aliphatic carboxylic acids is 1. The van der Waals surface area contributed by atoms with E-state index in [0.29, 0.717) is 24.4 Å². The van der Waals surface area contributed by atoms with Crippen molar-refractivity contribution in [3.05, 3.63) is 53.7 Å². The SMILES string of the molecule is CCC(CC)n1c(Cc2ccco2)nc2cc(C(=O)NC(CC(=O)O)CC(C)C)ccc21. The van der Waals surface area contributed by atoms with Crippen molar-refractivity contribution in [3.63, 3.8) is 0 Å². The topological polar surface area (TPSA) is 97.4 Å². The van der Waals surface area contributed by atoms with E-state index in [4.69, 9.17) is 9.40 Å². The molecule has 2 aromatic heterocycles. The molecule has 3 aromatic rings. The molecule has 2 heterocycles. The Morgan fingerprint density at radius 3 is 2.53 bits per heavy atom. The Morgan fingerprint density at radius 1 is 1.19 bits per heavy atom. The summed E-state index contributed by atoms with van der Waals surface area (Å²) in [5, 5.41) is 12.1. The normalized spacial score (nSPS) is 12.6. The fourth-order valence-corrected chi connectivity index (χ4v) is 4.29. The van der Waals surface area contributed by atoms with Crippen LogP contribution in [0.2, 0.25) is 0 Å². The van der Waals surface area contributed by atoms with Gasteiger partial charge >= 0.3 is 5.97 Å². The van der Waals surface area contributed by atoms with Crippen LogP contribution in [-0.2, 0) is 11.2 Å². The van der Waals surface area contributed by atoms with Gasteiger partial charge in [0.1, 0.15) is 11.6 Å². The van der Waals surface area contributed by atoms with Crippen LogP contribution in [0.4, 0.5) is 0 Å². The lowest BCUT2D eigenvalue weighted by Crippen LogP contribution is -2.37. The number of aromatic nitrogens is 2. The van der Waals surface area contributed by atoms with Crippen LogP contribution in [0.15, 0.2) is 41.0 Å². The van der Waals surface area contributed by atoms with E-state index >= 15 is 0 Å². The highest BCUT2D eigenvalue weighted by Crippen LogP contribution is 2.28. The van der Waals surface area contributed by atoms with Gasteiger partial charge in [-0.15, -0.1) is 0 Å². The zero-order valence-electron chi connectivity index (χ0n) is 19.3. The van der Waals surface area contributed by atoms with Gasteiger partial charge in [0.05, 0.1) is 30.1 Å². The lowest BCUT2D eigenvalue weighted by molar-refractivity contribution is -0.137. The van der Waals surface area contributed by atoms with E-state index < -0.39 is 12.0 Å². The highest BCUT2D eigenvalue weighted by Gasteiger charge is 2.21. The molecule has 2 N–H and O–H groups in total. The number of rotatable bonds is 11. The van der Waals surface area contributed by atoms with E-state index in [1.807, 2.05) is 32.0 Å². The Kier molecular flexibility index (Phi) is 7.72. The lowest BCUT2D eigenvalue weighted by Gasteiger charge is -2.19. The summed E-state index contributed by atoms with van der Waals surface area (Å²) in [6.45, 7) is 8.35. The number of furan rings is 1. The van der Waals surface area contributed by atoms with Crippen molar-refractivity contribution in [1.82, 2.24) is 14.9 Å². The molecular weight excluding hydrogens is 406 g/mol. The molecule has 0 spiro atoms. The van der Waals surface area contributed by atoms with Crippen molar-refractivity contribution in [1.29, 1.82) is 0 Å². The molecule has 0 saturated heterocycles. The molecule has 0 radical (unpaired) electrons. The van der Waals surface area contributed by atoms with E-state index in [2.05, 4.69) is 23.7 Å². The lowest BCUT2D eigenvalue weighted by atomic mass is 10.0. The monoisotopic (exact) mass is 439 g/mol. The summed E-state index contributed by atoms with van der Waals surface area (Å²) >= 11 is 0. The van der Waals surface area contributed by atoms with Gasteiger partial charge in [-0.05, 0) is 55.5 Å². The summed E-state index contributed by atoms with van der Waals surface area (Å²) in [4.78, 5) is 29.0. The summed E-state index contributed by atoms with van der Waals surface area (Å²) in [7, 11) is 0. The molecule has 1 atom stereocenters. The molecule has 0 fully saturated rings. The highest BCUT2D eigenvalue weighted by atomic mass is 16.4. The van der Waals surface area contributed by atoms with Crippen molar-refractivity contribution < 1.29 is 19.1 Å². The van der Waals surface area contributed by atoms with Gasteiger partial charge in [0.15, 0.2) is 0 Å². The van der Waals surface area contributed by atoms with Gasteiger partial charge in [-0.25, -0.2) is 4.98 Å². The van der Waals surface area contributed by atoms with Gasteiger partial charge in [-0.1, -0.05) is 27.7 Å². The highest BCUT2D eigenvalue weighted by molar-refractivity contribution is 5.97. The number of carboxylic acids is 1. The Labute approximate surface area is 188 Å². The van der Waals surface area contributed by atoms with Crippen molar-refractivity contribution >= 4 is 22.9 Å². The zero-order chi connectivity index (χ0) is 23.3. The largest absolute Gasteiger partial charge is 0.481 e. The molecule has 7 nitrogen and oxygen atoms in total. The van der Waals surface area contributed by atoms with E-state index in [-0.39, 0.29) is 18.2 Å². The van der Waals surface area contributed by atoms with Crippen LogP contribution in [0.5, 0.6) is 0 Å². The van der Waals surface area contributed by atoms with Crippen molar-refractivity contribution in [2.24, 2.45) is 5.92 Å². The Morgan fingerprint density at radius 2 is 1.94 bits per heavy atom. The predicted octanol–water partition coefficient (Wildman–Crippen LogP) is 5.20. The second kappa shape index (κ2) is 10.5. The number of imidazole rings is 1. The molecule has 0 saturated carbocycles. The quantitative estimate of drug-likeness (QED) is 0.428. The summed E-state index contributed by atoms with van der Waals surface area (Å²) < 4.78 is 7.79. The van der Waals surface area contributed by atoms with Crippen LogP contribution in [0.3, 0.4) is 0 Å². The second-order valence-corrected chi connectivity index (χ2v) is 8.73. The first-order valence-electron chi connectivity index (χ1n) is 11.4. The summed E-state index contributed by atoms with van der Waals surface area (Å²) in [5.74, 6) is 0.837. The van der Waals surface area contributed by atoms with Gasteiger partial charge in [-0.2, -0.15) is 0 Å². The van der Waals surface area contributed by atoms with Crippen LogP contribution in [0, 0.1) is 5.92 Å². The minimum atomic E-state index is -0.919. The minimum absolute atomic E-state index is 0.0945. The Hall–Kier alpha value is -3.09. The fourth-order valence-electron chi connectivity index (χ4n) is 4.29. The molecule has 0 aliphatic rings. The number of carbonyl (C=O) groups is 2. The molecule has 172 valence electrons. The number of fused-ring (bicyclic) bond motifs is 1. The van der Waals surface area contributed by atoms with Gasteiger partial charge in [0.25, 0.3) is 5.91 Å². The summed E-state index contributed by atoms with van der Waals surface area (Å²) in [5.41, 5.74) is 2.22. The Balaban J connectivity index is 1.93. The van der Waals surface area contributed by atoms with E-state index in [1.54, 1.807) is 18.4 Å². The Bertz CT molecular complexity index is 1050. The number of nitrogens with zero attached hydrogens (tertiary/aromatic N) is 2. The first kappa shape index (κ1) is 23.6. The standard InChI is InChI=1S/C25H33N3O4/c1-5-19(6-2)28-22-10-9-17(25(31)26-18(12-16(3)4)14-24(29)30)13-21(22)27-23(28)15-20-8-7-11-32-20/h7-11,13,16,18-19H,5-6,12,14-15H2,1-4H3,(H,26,31)(H,29,30). The summed E-state index contributed by atoms with van der Waals surface area (Å²) in [6, 6.07) is 9.22. The smallest absolute Gasteiger partial charge is 0.305 e. The minimum Gasteiger partial charge on any atom is -0.481 e. The number of hydrogen-bond donors (Lipinski definition) is 2. The van der Waals surface area contributed by atoms with Gasteiger partial charge in [0.2, 0.25) is 0 Å². The molecule has 1 amide bonds. The maximum absolute atomic E-state index is 12.9. The maximum Gasteiger partial charge on any atom is 0.305 e. The van der Waals surface area contributed by atoms with Crippen molar-refractivity contribution in [2.45, 2.75) is 71.9 Å². The predicted molar refractivity (Wildman–Crippen MR) is 124 cm³/mol. The van der Waals surface area contributed by atoms with Gasteiger partial charge in [0, 0.05) is 17.6 Å². The molecule has 32 heavy (non-hydrogen) atoms. The molecule has 1 unspecified atom stereocenters. The van der Waals surface area contributed by atoms with Crippen molar-refractivity contribution in [3.8, 4) is 0 Å². The number of nitrogens with one attached hydrogen (secondary N) is 1. The number of carbonyl (C=O) groups excluding carboxylic acids is 1. The maximum atomic E-state index is 12.9.